The predicted octanol–water partition coefficient (Wildman–Crippen LogP) is 5.51. The Hall–Kier alpha value is -3.23. The van der Waals surface area contributed by atoms with Gasteiger partial charge in [0, 0.05) is 30.0 Å². The van der Waals surface area contributed by atoms with Gasteiger partial charge in [0.15, 0.2) is 6.73 Å². The van der Waals surface area contributed by atoms with E-state index in [-0.39, 0.29) is 34.4 Å². The lowest BCUT2D eigenvalue weighted by atomic mass is 9.82. The van der Waals surface area contributed by atoms with Crippen molar-refractivity contribution < 1.29 is 13.9 Å². The van der Waals surface area contributed by atoms with E-state index in [9.17, 15) is 9.18 Å². The van der Waals surface area contributed by atoms with E-state index in [4.69, 9.17) is 16.3 Å². The van der Waals surface area contributed by atoms with E-state index in [1.165, 1.54) is 35.5 Å². The van der Waals surface area contributed by atoms with E-state index in [1.54, 1.807) is 0 Å². The predicted molar refractivity (Wildman–Crippen MR) is 134 cm³/mol. The summed E-state index contributed by atoms with van der Waals surface area (Å²) in [6.45, 7) is 9.77. The fourth-order valence-electron chi connectivity index (χ4n) is 5.11. The van der Waals surface area contributed by atoms with Crippen molar-refractivity contribution in [3.8, 4) is 5.88 Å². The van der Waals surface area contributed by atoms with Gasteiger partial charge in [-0.2, -0.15) is 4.98 Å². The Morgan fingerprint density at radius 1 is 1.23 bits per heavy atom. The standard InChI is InChI=1S/C26H27ClFN5O2/c1-15(2)33-11-10-16-12-17(8-9-19(16)26(33,3)4)30-25-29-13-18-23(31-25)35-14-32(24(18)34)22-20(27)6-5-7-21(22)28/h5-9,12-13,15H,10-11,14H2,1-4H3,(H,29,30,31). The Balaban J connectivity index is 1.38. The van der Waals surface area contributed by atoms with Gasteiger partial charge in [0.05, 0.1) is 5.02 Å². The van der Waals surface area contributed by atoms with Crippen LogP contribution < -0.4 is 15.0 Å². The zero-order valence-corrected chi connectivity index (χ0v) is 20.9. The average Bonchev–Trinajstić information content (AvgIpc) is 2.80. The number of hydrogen-bond acceptors (Lipinski definition) is 6. The Bertz CT molecular complexity index is 1290. The number of anilines is 3. The highest BCUT2D eigenvalue weighted by atomic mass is 35.5. The number of benzene rings is 2. The number of para-hydroxylation sites is 1. The SMILES string of the molecule is CC(C)N1CCc2cc(Nc3ncc4c(n3)OCN(c3c(F)cccc3Cl)C4=O)ccc2C1(C)C. The van der Waals surface area contributed by atoms with Crippen molar-refractivity contribution in [3.63, 3.8) is 0 Å². The number of hydrogen-bond donors (Lipinski definition) is 1. The first-order chi connectivity index (χ1) is 16.7. The van der Waals surface area contributed by atoms with Crippen molar-refractivity contribution in [2.75, 3.05) is 23.5 Å². The van der Waals surface area contributed by atoms with Crippen molar-refractivity contribution in [2.45, 2.75) is 45.7 Å². The molecule has 2 aliphatic heterocycles. The molecule has 0 unspecified atom stereocenters. The Morgan fingerprint density at radius 3 is 2.77 bits per heavy atom. The van der Waals surface area contributed by atoms with Gasteiger partial charge in [-0.1, -0.05) is 23.7 Å². The minimum Gasteiger partial charge on any atom is -0.455 e. The fraction of sp³-hybridized carbons (Fsp3) is 0.346. The molecule has 2 aromatic carbocycles. The van der Waals surface area contributed by atoms with Crippen LogP contribution >= 0.6 is 11.6 Å². The van der Waals surface area contributed by atoms with Crippen LogP contribution in [0.25, 0.3) is 0 Å². The summed E-state index contributed by atoms with van der Waals surface area (Å²) in [7, 11) is 0. The maximum atomic E-state index is 14.3. The van der Waals surface area contributed by atoms with E-state index < -0.39 is 11.7 Å². The maximum absolute atomic E-state index is 14.3. The van der Waals surface area contributed by atoms with Crippen LogP contribution in [-0.4, -0.2) is 40.1 Å². The van der Waals surface area contributed by atoms with Gasteiger partial charge in [-0.25, -0.2) is 9.37 Å². The van der Waals surface area contributed by atoms with Crippen molar-refractivity contribution in [2.24, 2.45) is 0 Å². The molecule has 1 aromatic heterocycles. The third kappa shape index (κ3) is 4.10. The van der Waals surface area contributed by atoms with Crippen LogP contribution in [0.15, 0.2) is 42.6 Å². The number of amides is 1. The Labute approximate surface area is 208 Å². The van der Waals surface area contributed by atoms with Gasteiger partial charge < -0.3 is 10.1 Å². The minimum absolute atomic E-state index is 0.0277. The fourth-order valence-corrected chi connectivity index (χ4v) is 5.37. The number of carbonyl (C=O) groups is 1. The molecular weight excluding hydrogens is 469 g/mol. The largest absolute Gasteiger partial charge is 0.455 e. The summed E-state index contributed by atoms with van der Waals surface area (Å²) in [6.07, 6.45) is 2.35. The first-order valence-electron chi connectivity index (χ1n) is 11.6. The summed E-state index contributed by atoms with van der Waals surface area (Å²) in [5.74, 6) is -0.629. The molecule has 3 heterocycles. The van der Waals surface area contributed by atoms with Crippen LogP contribution in [0.5, 0.6) is 5.88 Å². The second kappa shape index (κ2) is 8.77. The highest BCUT2D eigenvalue weighted by Gasteiger charge is 2.36. The molecule has 9 heteroatoms. The number of carbonyl (C=O) groups excluding carboxylic acids is 1. The molecule has 2 aliphatic rings. The molecule has 0 atom stereocenters. The smallest absolute Gasteiger partial charge is 0.268 e. The first-order valence-corrected chi connectivity index (χ1v) is 12.0. The molecule has 0 saturated heterocycles. The molecule has 1 amide bonds. The van der Waals surface area contributed by atoms with E-state index in [1.807, 2.05) is 6.07 Å². The molecule has 0 fully saturated rings. The molecule has 35 heavy (non-hydrogen) atoms. The van der Waals surface area contributed by atoms with Gasteiger partial charge in [-0.05, 0) is 69.5 Å². The monoisotopic (exact) mass is 495 g/mol. The van der Waals surface area contributed by atoms with E-state index >= 15 is 0 Å². The number of fused-ring (bicyclic) bond motifs is 2. The first kappa shape index (κ1) is 23.5. The number of nitrogens with zero attached hydrogens (tertiary/aromatic N) is 4. The van der Waals surface area contributed by atoms with Crippen LogP contribution in [0.4, 0.5) is 21.7 Å². The third-order valence-electron chi connectivity index (χ3n) is 6.75. The van der Waals surface area contributed by atoms with Crippen molar-refractivity contribution >= 4 is 34.8 Å². The normalized spacial score (nSPS) is 17.1. The molecule has 5 rings (SSSR count). The van der Waals surface area contributed by atoms with Crippen molar-refractivity contribution in [3.05, 3.63) is 70.1 Å². The lowest BCUT2D eigenvalue weighted by molar-refractivity contribution is 0.0722. The number of halogens is 2. The quantitative estimate of drug-likeness (QED) is 0.514. The van der Waals surface area contributed by atoms with Crippen LogP contribution in [-0.2, 0) is 12.0 Å². The maximum Gasteiger partial charge on any atom is 0.268 e. The topological polar surface area (TPSA) is 70.6 Å². The molecule has 182 valence electrons. The molecule has 0 radical (unpaired) electrons. The van der Waals surface area contributed by atoms with Gasteiger partial charge in [-0.3, -0.25) is 14.6 Å². The number of ether oxygens (including phenoxy) is 1. The highest BCUT2D eigenvalue weighted by molar-refractivity contribution is 6.34. The zero-order valence-electron chi connectivity index (χ0n) is 20.1. The van der Waals surface area contributed by atoms with E-state index in [0.29, 0.717) is 12.0 Å². The minimum atomic E-state index is -0.607. The summed E-state index contributed by atoms with van der Waals surface area (Å²) in [6, 6.07) is 11.0. The molecule has 3 aromatic rings. The van der Waals surface area contributed by atoms with Gasteiger partial charge in [-0.15, -0.1) is 0 Å². The van der Waals surface area contributed by atoms with Crippen LogP contribution in [0.1, 0.15) is 49.2 Å². The average molecular weight is 496 g/mol. The number of rotatable bonds is 4. The molecule has 0 bridgehead atoms. The molecular formula is C26H27ClFN5O2. The van der Waals surface area contributed by atoms with Crippen LogP contribution in [0.3, 0.4) is 0 Å². The van der Waals surface area contributed by atoms with Gasteiger partial charge in [0.25, 0.3) is 5.91 Å². The summed E-state index contributed by atoms with van der Waals surface area (Å²) >= 11 is 6.13. The number of nitrogens with one attached hydrogen (secondary N) is 1. The summed E-state index contributed by atoms with van der Waals surface area (Å²) < 4.78 is 20.0. The summed E-state index contributed by atoms with van der Waals surface area (Å²) in [5.41, 5.74) is 3.53. The Morgan fingerprint density at radius 2 is 2.03 bits per heavy atom. The van der Waals surface area contributed by atoms with Gasteiger partial charge in [0.1, 0.15) is 17.1 Å². The zero-order chi connectivity index (χ0) is 24.9. The lowest BCUT2D eigenvalue weighted by Gasteiger charge is -2.46. The van der Waals surface area contributed by atoms with E-state index in [2.05, 4.69) is 60.0 Å². The second-order valence-electron chi connectivity index (χ2n) is 9.58. The molecule has 1 N–H and O–H groups in total. The molecule has 0 aliphatic carbocycles. The summed E-state index contributed by atoms with van der Waals surface area (Å²) in [5, 5.41) is 3.34. The second-order valence-corrected chi connectivity index (χ2v) is 9.99. The van der Waals surface area contributed by atoms with Gasteiger partial charge >= 0.3 is 0 Å². The molecule has 0 saturated carbocycles. The van der Waals surface area contributed by atoms with Crippen LogP contribution in [0.2, 0.25) is 5.02 Å². The molecule has 7 nitrogen and oxygen atoms in total. The molecule has 0 spiro atoms. The Kier molecular flexibility index (Phi) is 5.89. The van der Waals surface area contributed by atoms with Crippen LogP contribution in [0, 0.1) is 5.82 Å². The van der Waals surface area contributed by atoms with Gasteiger partial charge in [0.2, 0.25) is 11.8 Å². The van der Waals surface area contributed by atoms with E-state index in [0.717, 1.165) is 23.6 Å². The third-order valence-corrected chi connectivity index (χ3v) is 7.06. The van der Waals surface area contributed by atoms with Crippen molar-refractivity contribution in [1.29, 1.82) is 0 Å². The lowest BCUT2D eigenvalue weighted by Crippen LogP contribution is -2.50. The van der Waals surface area contributed by atoms with Crippen molar-refractivity contribution in [1.82, 2.24) is 14.9 Å². The number of aromatic nitrogens is 2. The summed E-state index contributed by atoms with van der Waals surface area (Å²) in [4.78, 5) is 25.3. The highest BCUT2D eigenvalue weighted by Crippen LogP contribution is 2.38.